The Bertz CT molecular complexity index is 581. The summed E-state index contributed by atoms with van der Waals surface area (Å²) in [4.78, 5) is 0. The molecule has 0 aromatic heterocycles. The Morgan fingerprint density at radius 1 is 0.650 bits per heavy atom. The highest BCUT2D eigenvalue weighted by Crippen LogP contribution is 2.09. The maximum Gasteiger partial charge on any atom is 0.159 e. The van der Waals surface area contributed by atoms with Gasteiger partial charge in [-0.2, -0.15) is 0 Å². The van der Waals surface area contributed by atoms with Gasteiger partial charge in [0.15, 0.2) is 11.6 Å². The van der Waals surface area contributed by atoms with E-state index < -0.39 is 23.3 Å². The fourth-order valence-corrected chi connectivity index (χ4v) is 1.69. The molecule has 0 radical (unpaired) electrons. The molecule has 2 nitrogen and oxygen atoms in total. The smallest absolute Gasteiger partial charge is 0.159 e. The third-order valence-electron chi connectivity index (χ3n) is 2.62. The van der Waals surface area contributed by atoms with Crippen molar-refractivity contribution in [2.75, 3.05) is 0 Å². The van der Waals surface area contributed by atoms with Gasteiger partial charge in [0.1, 0.15) is 11.6 Å². The van der Waals surface area contributed by atoms with Crippen molar-refractivity contribution in [2.45, 2.75) is 13.1 Å². The molecule has 0 saturated carbocycles. The standard InChI is InChI=1S/C14H12F4N2/c15-11-3-10(4-12(16)6-11)8-20-19-7-9-1-2-13(17)14(18)5-9/h1-6,19-20H,7-8H2. The molecule has 2 rings (SSSR count). The molecule has 2 N–H and O–H groups in total. The summed E-state index contributed by atoms with van der Waals surface area (Å²) < 4.78 is 51.5. The average molecular weight is 284 g/mol. The summed E-state index contributed by atoms with van der Waals surface area (Å²) in [5.41, 5.74) is 6.47. The molecular weight excluding hydrogens is 272 g/mol. The first kappa shape index (κ1) is 14.5. The van der Waals surface area contributed by atoms with Gasteiger partial charge in [-0.05, 0) is 35.4 Å². The van der Waals surface area contributed by atoms with Gasteiger partial charge in [-0.25, -0.2) is 17.6 Å². The van der Waals surface area contributed by atoms with E-state index in [1.807, 2.05) is 0 Å². The van der Waals surface area contributed by atoms with Gasteiger partial charge in [-0.3, -0.25) is 10.9 Å². The molecule has 0 aliphatic heterocycles. The Kier molecular flexibility index (Phi) is 4.70. The molecule has 0 spiro atoms. The average Bonchev–Trinajstić information content (AvgIpc) is 2.38. The van der Waals surface area contributed by atoms with E-state index in [-0.39, 0.29) is 13.1 Å². The van der Waals surface area contributed by atoms with Crippen molar-refractivity contribution in [2.24, 2.45) is 0 Å². The van der Waals surface area contributed by atoms with E-state index in [9.17, 15) is 17.6 Å². The second kappa shape index (κ2) is 6.49. The minimum absolute atomic E-state index is 0.193. The molecule has 0 amide bonds. The van der Waals surface area contributed by atoms with Gasteiger partial charge in [-0.15, -0.1) is 0 Å². The third-order valence-corrected chi connectivity index (χ3v) is 2.62. The zero-order chi connectivity index (χ0) is 14.5. The fraction of sp³-hybridized carbons (Fsp3) is 0.143. The number of benzene rings is 2. The Labute approximate surface area is 113 Å². The first-order chi connectivity index (χ1) is 9.54. The van der Waals surface area contributed by atoms with Crippen LogP contribution in [-0.2, 0) is 13.1 Å². The highest BCUT2D eigenvalue weighted by atomic mass is 19.2. The first-order valence-electron chi connectivity index (χ1n) is 5.89. The van der Waals surface area contributed by atoms with Crippen molar-refractivity contribution in [1.82, 2.24) is 10.9 Å². The van der Waals surface area contributed by atoms with Crippen molar-refractivity contribution >= 4 is 0 Å². The SMILES string of the molecule is Fc1cc(F)cc(CNNCc2ccc(F)c(F)c2)c1. The summed E-state index contributed by atoms with van der Waals surface area (Å²) in [6, 6.07) is 6.75. The van der Waals surface area contributed by atoms with E-state index in [0.29, 0.717) is 11.1 Å². The molecule has 106 valence electrons. The molecule has 6 heteroatoms. The van der Waals surface area contributed by atoms with Crippen LogP contribution in [0.25, 0.3) is 0 Å². The lowest BCUT2D eigenvalue weighted by Gasteiger charge is -2.08. The monoisotopic (exact) mass is 284 g/mol. The topological polar surface area (TPSA) is 24.1 Å². The second-order valence-electron chi connectivity index (χ2n) is 4.23. The van der Waals surface area contributed by atoms with E-state index >= 15 is 0 Å². The van der Waals surface area contributed by atoms with Gasteiger partial charge in [0.2, 0.25) is 0 Å². The van der Waals surface area contributed by atoms with Crippen LogP contribution in [0.2, 0.25) is 0 Å². The van der Waals surface area contributed by atoms with Gasteiger partial charge in [0.25, 0.3) is 0 Å². The summed E-state index contributed by atoms with van der Waals surface area (Å²) in [7, 11) is 0. The molecule has 0 aliphatic rings. The number of halogens is 4. The zero-order valence-corrected chi connectivity index (χ0v) is 10.4. The lowest BCUT2D eigenvalue weighted by atomic mass is 10.2. The largest absolute Gasteiger partial charge is 0.253 e. The van der Waals surface area contributed by atoms with E-state index in [1.54, 1.807) is 0 Å². The lowest BCUT2D eigenvalue weighted by Crippen LogP contribution is -2.30. The Morgan fingerprint density at radius 2 is 1.25 bits per heavy atom. The predicted molar refractivity (Wildman–Crippen MR) is 66.4 cm³/mol. The lowest BCUT2D eigenvalue weighted by molar-refractivity contribution is 0.498. The molecule has 2 aromatic rings. The maximum absolute atomic E-state index is 12.9. The number of hydrazine groups is 1. The molecule has 2 aromatic carbocycles. The van der Waals surface area contributed by atoms with Crippen LogP contribution < -0.4 is 10.9 Å². The Morgan fingerprint density at radius 3 is 1.85 bits per heavy atom. The first-order valence-corrected chi connectivity index (χ1v) is 5.89. The second-order valence-corrected chi connectivity index (χ2v) is 4.23. The quantitative estimate of drug-likeness (QED) is 0.501. The van der Waals surface area contributed by atoms with Crippen molar-refractivity contribution in [3.8, 4) is 0 Å². The Balaban J connectivity index is 1.82. The van der Waals surface area contributed by atoms with Gasteiger partial charge >= 0.3 is 0 Å². The minimum atomic E-state index is -0.920. The number of rotatable bonds is 5. The molecule has 0 heterocycles. The zero-order valence-electron chi connectivity index (χ0n) is 10.4. The normalized spacial score (nSPS) is 10.8. The van der Waals surface area contributed by atoms with Crippen LogP contribution in [-0.4, -0.2) is 0 Å². The van der Waals surface area contributed by atoms with E-state index in [0.717, 1.165) is 18.2 Å². The highest BCUT2D eigenvalue weighted by molar-refractivity contribution is 5.18. The van der Waals surface area contributed by atoms with Crippen LogP contribution in [0, 0.1) is 23.3 Å². The number of hydrogen-bond acceptors (Lipinski definition) is 2. The Hall–Kier alpha value is -1.92. The van der Waals surface area contributed by atoms with E-state index in [1.165, 1.54) is 18.2 Å². The summed E-state index contributed by atoms with van der Waals surface area (Å²) in [6.45, 7) is 0.438. The molecule has 0 atom stereocenters. The molecule has 0 saturated heterocycles. The molecule has 0 aliphatic carbocycles. The number of hydrogen-bond donors (Lipinski definition) is 2. The molecule has 20 heavy (non-hydrogen) atoms. The fourth-order valence-electron chi connectivity index (χ4n) is 1.69. The van der Waals surface area contributed by atoms with Crippen molar-refractivity contribution < 1.29 is 17.6 Å². The van der Waals surface area contributed by atoms with Crippen LogP contribution >= 0.6 is 0 Å². The molecule has 0 unspecified atom stereocenters. The summed E-state index contributed by atoms with van der Waals surface area (Å²) in [5.74, 6) is -3.13. The van der Waals surface area contributed by atoms with Crippen LogP contribution in [0.1, 0.15) is 11.1 Å². The van der Waals surface area contributed by atoms with Gasteiger partial charge < -0.3 is 0 Å². The van der Waals surface area contributed by atoms with Crippen molar-refractivity contribution in [3.63, 3.8) is 0 Å². The third kappa shape index (κ3) is 4.04. The van der Waals surface area contributed by atoms with Crippen molar-refractivity contribution in [1.29, 1.82) is 0 Å². The summed E-state index contributed by atoms with van der Waals surface area (Å²) in [6.07, 6.45) is 0. The van der Waals surface area contributed by atoms with Crippen LogP contribution in [0.4, 0.5) is 17.6 Å². The molecule has 0 bridgehead atoms. The summed E-state index contributed by atoms with van der Waals surface area (Å²) in [5, 5.41) is 0. The van der Waals surface area contributed by atoms with Crippen LogP contribution in [0.3, 0.4) is 0 Å². The maximum atomic E-state index is 12.9. The number of nitrogens with one attached hydrogen (secondary N) is 2. The highest BCUT2D eigenvalue weighted by Gasteiger charge is 2.03. The predicted octanol–water partition coefficient (Wildman–Crippen LogP) is 3.04. The van der Waals surface area contributed by atoms with Gasteiger partial charge in [0.05, 0.1) is 0 Å². The van der Waals surface area contributed by atoms with E-state index in [4.69, 9.17) is 0 Å². The van der Waals surface area contributed by atoms with Gasteiger partial charge in [0, 0.05) is 19.2 Å². The van der Waals surface area contributed by atoms with Crippen LogP contribution in [0.15, 0.2) is 36.4 Å². The van der Waals surface area contributed by atoms with Gasteiger partial charge in [-0.1, -0.05) is 6.07 Å². The minimum Gasteiger partial charge on any atom is -0.253 e. The van der Waals surface area contributed by atoms with Crippen molar-refractivity contribution in [3.05, 3.63) is 70.8 Å². The molecular formula is C14H12F4N2. The molecule has 0 fully saturated rings. The van der Waals surface area contributed by atoms with Crippen LogP contribution in [0.5, 0.6) is 0 Å². The summed E-state index contributed by atoms with van der Waals surface area (Å²) >= 11 is 0. The van der Waals surface area contributed by atoms with E-state index in [2.05, 4.69) is 10.9 Å².